The van der Waals surface area contributed by atoms with Crippen molar-refractivity contribution >= 4 is 17.9 Å². The topological polar surface area (TPSA) is 75.7 Å². The van der Waals surface area contributed by atoms with Crippen LogP contribution in [0.15, 0.2) is 30.3 Å². The summed E-state index contributed by atoms with van der Waals surface area (Å²) in [6, 6.07) is 10.00. The summed E-state index contributed by atoms with van der Waals surface area (Å²) in [4.78, 5) is 38.2. The van der Waals surface area contributed by atoms with Crippen LogP contribution in [-0.4, -0.2) is 41.5 Å². The number of hydrogen-bond donors (Lipinski definition) is 1. The lowest BCUT2D eigenvalue weighted by molar-refractivity contribution is -0.139. The van der Waals surface area contributed by atoms with Gasteiger partial charge in [-0.3, -0.25) is 14.5 Å². The van der Waals surface area contributed by atoms with Crippen molar-refractivity contribution in [2.45, 2.75) is 52.6 Å². The van der Waals surface area contributed by atoms with Crippen molar-refractivity contribution < 1.29 is 19.1 Å². The molecule has 0 saturated carbocycles. The number of likely N-dealkylation sites (tertiary alicyclic amines) is 1. The van der Waals surface area contributed by atoms with E-state index in [1.807, 2.05) is 37.3 Å². The van der Waals surface area contributed by atoms with E-state index in [4.69, 9.17) is 4.74 Å². The Hall–Kier alpha value is -2.37. The molecule has 0 radical (unpaired) electrons. The Balaban J connectivity index is 1.91. The van der Waals surface area contributed by atoms with Crippen LogP contribution >= 0.6 is 0 Å². The lowest BCUT2D eigenvalue weighted by Crippen LogP contribution is -2.40. The maximum atomic E-state index is 12.8. The van der Waals surface area contributed by atoms with Crippen molar-refractivity contribution in [3.63, 3.8) is 0 Å². The van der Waals surface area contributed by atoms with Gasteiger partial charge in [0.05, 0.1) is 5.92 Å². The first-order valence-corrected chi connectivity index (χ1v) is 9.47. The number of alkyl carbamates (subject to hydrolysis) is 1. The Morgan fingerprint density at radius 2 is 1.81 bits per heavy atom. The van der Waals surface area contributed by atoms with Gasteiger partial charge in [-0.2, -0.15) is 0 Å². The second-order valence-electron chi connectivity index (χ2n) is 8.20. The van der Waals surface area contributed by atoms with E-state index in [2.05, 4.69) is 12.2 Å². The Morgan fingerprint density at radius 3 is 2.41 bits per heavy atom. The van der Waals surface area contributed by atoms with E-state index in [0.717, 1.165) is 5.56 Å². The van der Waals surface area contributed by atoms with Gasteiger partial charge >= 0.3 is 6.09 Å². The largest absolute Gasteiger partial charge is 0.444 e. The molecule has 1 saturated heterocycles. The van der Waals surface area contributed by atoms with Crippen molar-refractivity contribution in [1.29, 1.82) is 0 Å². The number of benzene rings is 1. The van der Waals surface area contributed by atoms with Crippen molar-refractivity contribution in [3.05, 3.63) is 35.9 Å². The van der Waals surface area contributed by atoms with Gasteiger partial charge in [-0.15, -0.1) is 0 Å². The molecule has 27 heavy (non-hydrogen) atoms. The first-order valence-electron chi connectivity index (χ1n) is 9.47. The fourth-order valence-corrected chi connectivity index (χ4v) is 3.35. The van der Waals surface area contributed by atoms with E-state index in [9.17, 15) is 14.4 Å². The molecule has 1 aliphatic rings. The summed E-state index contributed by atoms with van der Waals surface area (Å²) in [6.45, 7) is 9.56. The number of ether oxygens (including phenoxy) is 1. The van der Waals surface area contributed by atoms with Gasteiger partial charge in [0, 0.05) is 19.0 Å². The molecule has 2 unspecified atom stereocenters. The number of amides is 3. The molecule has 6 nitrogen and oxygen atoms in total. The SMILES string of the molecule is CC(CC1C(=O)N(CCNC(=O)OC(C)(C)C)C(=O)[C@@H]1C)c1ccccc1. The van der Waals surface area contributed by atoms with E-state index in [-0.39, 0.29) is 42.7 Å². The first kappa shape index (κ1) is 20.9. The minimum Gasteiger partial charge on any atom is -0.444 e. The standard InChI is InChI=1S/C21H30N2O4/c1-14(16-9-7-6-8-10-16)13-17-15(2)18(24)23(19(17)25)12-11-22-20(26)27-21(3,4)5/h6-10,14-15,17H,11-13H2,1-5H3,(H,22,26)/t14?,15-,17?/m1/s1. The average Bonchev–Trinajstić information content (AvgIpc) is 2.78. The van der Waals surface area contributed by atoms with Crippen LogP contribution in [0.1, 0.15) is 52.5 Å². The normalized spacial score (nSPS) is 21.3. The molecular formula is C21H30N2O4. The van der Waals surface area contributed by atoms with Crippen molar-refractivity contribution in [1.82, 2.24) is 10.2 Å². The van der Waals surface area contributed by atoms with Gasteiger partial charge in [0.2, 0.25) is 11.8 Å². The summed E-state index contributed by atoms with van der Waals surface area (Å²) in [5.74, 6) is -0.799. The van der Waals surface area contributed by atoms with Crippen molar-refractivity contribution in [2.75, 3.05) is 13.1 Å². The number of imide groups is 1. The predicted octanol–water partition coefficient (Wildman–Crippen LogP) is 3.33. The van der Waals surface area contributed by atoms with Gasteiger partial charge in [-0.05, 0) is 38.7 Å². The van der Waals surface area contributed by atoms with Crippen LogP contribution in [0.4, 0.5) is 4.79 Å². The molecule has 1 aromatic rings. The Bertz CT molecular complexity index is 681. The molecule has 148 valence electrons. The molecule has 3 atom stereocenters. The van der Waals surface area contributed by atoms with Crippen molar-refractivity contribution in [2.24, 2.45) is 11.8 Å². The zero-order chi connectivity index (χ0) is 20.2. The van der Waals surface area contributed by atoms with Crippen LogP contribution in [0, 0.1) is 11.8 Å². The molecule has 1 aliphatic heterocycles. The molecule has 1 fully saturated rings. The molecule has 3 amide bonds. The highest BCUT2D eigenvalue weighted by molar-refractivity contribution is 6.04. The maximum Gasteiger partial charge on any atom is 0.407 e. The monoisotopic (exact) mass is 374 g/mol. The molecular weight excluding hydrogens is 344 g/mol. The molecule has 0 aliphatic carbocycles. The van der Waals surface area contributed by atoms with E-state index in [1.54, 1.807) is 20.8 Å². The molecule has 1 N–H and O–H groups in total. The van der Waals surface area contributed by atoms with E-state index >= 15 is 0 Å². The Morgan fingerprint density at radius 1 is 1.19 bits per heavy atom. The average molecular weight is 374 g/mol. The van der Waals surface area contributed by atoms with Crippen LogP contribution in [-0.2, 0) is 14.3 Å². The molecule has 2 rings (SSSR count). The van der Waals surface area contributed by atoms with E-state index in [1.165, 1.54) is 4.90 Å². The molecule has 0 bridgehead atoms. The third-order valence-electron chi connectivity index (χ3n) is 4.82. The minimum absolute atomic E-state index is 0.152. The molecule has 0 spiro atoms. The fraction of sp³-hybridized carbons (Fsp3) is 0.571. The summed E-state index contributed by atoms with van der Waals surface area (Å²) < 4.78 is 5.16. The Labute approximate surface area is 161 Å². The summed E-state index contributed by atoms with van der Waals surface area (Å²) in [6.07, 6.45) is 0.0788. The van der Waals surface area contributed by atoms with Crippen LogP contribution in [0.2, 0.25) is 0 Å². The fourth-order valence-electron chi connectivity index (χ4n) is 3.35. The van der Waals surface area contributed by atoms with Crippen LogP contribution < -0.4 is 5.32 Å². The molecule has 6 heteroatoms. The van der Waals surface area contributed by atoms with E-state index in [0.29, 0.717) is 6.42 Å². The minimum atomic E-state index is -0.587. The van der Waals surface area contributed by atoms with Gasteiger partial charge in [0.15, 0.2) is 0 Å². The number of carbonyl (C=O) groups is 3. The highest BCUT2D eigenvalue weighted by Crippen LogP contribution is 2.34. The summed E-state index contributed by atoms with van der Waals surface area (Å²) >= 11 is 0. The zero-order valence-electron chi connectivity index (χ0n) is 16.8. The van der Waals surface area contributed by atoms with Crippen LogP contribution in [0.3, 0.4) is 0 Å². The number of carbonyl (C=O) groups excluding carboxylic acids is 3. The predicted molar refractivity (Wildman–Crippen MR) is 103 cm³/mol. The van der Waals surface area contributed by atoms with E-state index < -0.39 is 11.7 Å². The van der Waals surface area contributed by atoms with Crippen molar-refractivity contribution in [3.8, 4) is 0 Å². The third kappa shape index (κ3) is 5.55. The summed E-state index contributed by atoms with van der Waals surface area (Å²) in [5, 5.41) is 2.60. The first-order chi connectivity index (χ1) is 12.6. The zero-order valence-corrected chi connectivity index (χ0v) is 16.8. The van der Waals surface area contributed by atoms with Gasteiger partial charge in [0.25, 0.3) is 0 Å². The highest BCUT2D eigenvalue weighted by Gasteiger charge is 2.45. The van der Waals surface area contributed by atoms with Crippen LogP contribution in [0.5, 0.6) is 0 Å². The smallest absolute Gasteiger partial charge is 0.407 e. The second kappa shape index (κ2) is 8.55. The summed E-state index contributed by atoms with van der Waals surface area (Å²) in [7, 11) is 0. The lowest BCUT2D eigenvalue weighted by atomic mass is 9.85. The third-order valence-corrected chi connectivity index (χ3v) is 4.82. The quantitative estimate of drug-likeness (QED) is 0.775. The Kier molecular flexibility index (Phi) is 6.63. The number of rotatable bonds is 6. The highest BCUT2D eigenvalue weighted by atomic mass is 16.6. The van der Waals surface area contributed by atoms with Gasteiger partial charge in [-0.25, -0.2) is 4.79 Å². The molecule has 1 aromatic carbocycles. The van der Waals surface area contributed by atoms with Crippen LogP contribution in [0.25, 0.3) is 0 Å². The maximum absolute atomic E-state index is 12.8. The molecule has 1 heterocycles. The molecule has 0 aromatic heterocycles. The number of hydrogen-bond acceptors (Lipinski definition) is 4. The van der Waals surface area contributed by atoms with Gasteiger partial charge in [0.1, 0.15) is 5.60 Å². The van der Waals surface area contributed by atoms with Gasteiger partial charge < -0.3 is 10.1 Å². The number of nitrogens with zero attached hydrogens (tertiary/aromatic N) is 1. The van der Waals surface area contributed by atoms with Gasteiger partial charge in [-0.1, -0.05) is 44.2 Å². The number of nitrogens with one attached hydrogen (secondary N) is 1. The summed E-state index contributed by atoms with van der Waals surface area (Å²) in [5.41, 5.74) is 0.575. The second-order valence-corrected chi connectivity index (χ2v) is 8.20. The lowest BCUT2D eigenvalue weighted by Gasteiger charge is -2.21.